The highest BCUT2D eigenvalue weighted by Gasteiger charge is 2.41. The minimum atomic E-state index is -4.87. The largest absolute Gasteiger partial charge is 0.434 e. The van der Waals surface area contributed by atoms with Gasteiger partial charge in [0.05, 0.1) is 35.2 Å². The smallest absolute Gasteiger partial charge is 0.320 e. The number of fused-ring (bicyclic) bond motifs is 1. The van der Waals surface area contributed by atoms with Crippen LogP contribution in [-0.4, -0.2) is 42.8 Å². The van der Waals surface area contributed by atoms with Gasteiger partial charge in [-0.2, -0.15) is 28.5 Å². The number of imidazole rings is 1. The maximum Gasteiger partial charge on any atom is 0.434 e. The molecule has 1 amide bonds. The van der Waals surface area contributed by atoms with Crippen LogP contribution in [0.25, 0.3) is 11.5 Å². The lowest BCUT2D eigenvalue weighted by molar-refractivity contribution is -0.143. The lowest BCUT2D eigenvalue weighted by Gasteiger charge is -2.16. The van der Waals surface area contributed by atoms with E-state index in [1.54, 1.807) is 19.2 Å². The molecule has 10 nitrogen and oxygen atoms in total. The molecule has 4 aromatic heterocycles. The number of rotatable bonds is 4. The lowest BCUT2D eigenvalue weighted by Crippen LogP contribution is -2.29. The molecule has 0 saturated carbocycles. The molecule has 1 aliphatic heterocycles. The lowest BCUT2D eigenvalue weighted by atomic mass is 10.2. The third kappa shape index (κ3) is 3.74. The van der Waals surface area contributed by atoms with Crippen molar-refractivity contribution in [2.75, 3.05) is 17.0 Å². The molecule has 0 fully saturated rings. The normalized spacial score (nSPS) is 13.7. The first kappa shape index (κ1) is 21.9. The first-order valence-electron chi connectivity index (χ1n) is 9.85. The van der Waals surface area contributed by atoms with Crippen LogP contribution in [-0.2, 0) is 6.18 Å². The Hall–Kier alpha value is -3.97. The van der Waals surface area contributed by atoms with Crippen LogP contribution < -0.4 is 15.9 Å². The number of amides is 1. The highest BCUT2D eigenvalue weighted by atomic mass is 35.5. The number of carbonyl (C=O) groups is 1. The van der Waals surface area contributed by atoms with Crippen molar-refractivity contribution in [3.05, 3.63) is 64.8 Å². The van der Waals surface area contributed by atoms with Crippen LogP contribution in [0.5, 0.6) is 0 Å². The first-order valence-corrected chi connectivity index (χ1v) is 10.2. The van der Waals surface area contributed by atoms with Crippen LogP contribution in [0, 0.1) is 6.92 Å². The number of aromatic nitrogens is 5. The summed E-state index contributed by atoms with van der Waals surface area (Å²) in [6.07, 6.45) is 1.86. The van der Waals surface area contributed by atoms with Crippen molar-refractivity contribution >= 4 is 40.9 Å². The molecule has 0 radical (unpaired) electrons. The van der Waals surface area contributed by atoms with E-state index in [9.17, 15) is 18.0 Å². The highest BCUT2D eigenvalue weighted by Crippen LogP contribution is 2.34. The molecule has 0 unspecified atom stereocenters. The van der Waals surface area contributed by atoms with E-state index in [-0.39, 0.29) is 22.3 Å². The molecule has 174 valence electrons. The monoisotopic (exact) mass is 489 g/mol. The number of carbonyl (C=O) groups excluding carboxylic acids is 1. The van der Waals surface area contributed by atoms with Crippen molar-refractivity contribution in [1.29, 1.82) is 0 Å². The van der Waals surface area contributed by atoms with Gasteiger partial charge in [-0.25, -0.2) is 20.1 Å². The summed E-state index contributed by atoms with van der Waals surface area (Å²) in [5, 5.41) is 11.8. The number of hydrogen-bond acceptors (Lipinski definition) is 7. The maximum absolute atomic E-state index is 14.1. The van der Waals surface area contributed by atoms with Crippen LogP contribution in [0.2, 0.25) is 5.02 Å². The Bertz CT molecular complexity index is 1440. The van der Waals surface area contributed by atoms with Gasteiger partial charge < -0.3 is 5.32 Å². The molecular formula is C20H15ClF3N9O. The fraction of sp³-hybridized carbons (Fsp3) is 0.150. The van der Waals surface area contributed by atoms with Gasteiger partial charge in [-0.3, -0.25) is 9.20 Å². The standard InChI is InChI=1S/C20H15ClF3N9O/c1-11-2-3-15(31-7-6-25-17(11)31)32-16(20(22,23)24)13(10-29-32)19(34)30-12-8-14(21)18(26-9-12)33-27-4-5-28-33/h2-4,6-10,28H,5H2,1H3,(H,30,34). The Morgan fingerprint density at radius 1 is 1.24 bits per heavy atom. The average Bonchev–Trinajstić information content (AvgIpc) is 3.54. The second-order valence-corrected chi connectivity index (χ2v) is 7.67. The number of alkyl halides is 3. The molecule has 0 aliphatic carbocycles. The third-order valence-corrected chi connectivity index (χ3v) is 5.31. The van der Waals surface area contributed by atoms with E-state index < -0.39 is 23.3 Å². The van der Waals surface area contributed by atoms with Gasteiger partial charge in [0.2, 0.25) is 0 Å². The van der Waals surface area contributed by atoms with Crippen LogP contribution in [0.3, 0.4) is 0 Å². The van der Waals surface area contributed by atoms with Gasteiger partial charge in [-0.15, -0.1) is 0 Å². The molecule has 0 atom stereocenters. The average molecular weight is 490 g/mol. The summed E-state index contributed by atoms with van der Waals surface area (Å²) in [5.74, 6) is -0.659. The van der Waals surface area contributed by atoms with E-state index in [0.29, 0.717) is 16.9 Å². The number of hydrazine groups is 1. The zero-order valence-electron chi connectivity index (χ0n) is 17.4. The van der Waals surface area contributed by atoms with Crippen molar-refractivity contribution in [1.82, 2.24) is 29.6 Å². The topological polar surface area (TPSA) is 105 Å². The summed E-state index contributed by atoms with van der Waals surface area (Å²) in [5.41, 5.74) is 2.36. The first-order chi connectivity index (χ1) is 16.2. The van der Waals surface area contributed by atoms with Crippen LogP contribution in [0.1, 0.15) is 21.6 Å². The second kappa shape index (κ2) is 8.11. The van der Waals surface area contributed by atoms with Crippen LogP contribution in [0.4, 0.5) is 24.7 Å². The highest BCUT2D eigenvalue weighted by molar-refractivity contribution is 6.33. The minimum Gasteiger partial charge on any atom is -0.320 e. The molecular weight excluding hydrogens is 475 g/mol. The number of anilines is 2. The molecule has 1 aliphatic rings. The summed E-state index contributed by atoms with van der Waals surface area (Å²) in [6.45, 7) is 2.28. The number of hydrogen-bond donors (Lipinski definition) is 2. The molecule has 2 N–H and O–H groups in total. The van der Waals surface area contributed by atoms with Crippen molar-refractivity contribution in [3.8, 4) is 5.82 Å². The second-order valence-electron chi connectivity index (χ2n) is 7.27. The van der Waals surface area contributed by atoms with Gasteiger partial charge in [-0.1, -0.05) is 17.7 Å². The van der Waals surface area contributed by atoms with Gasteiger partial charge >= 0.3 is 6.18 Å². The summed E-state index contributed by atoms with van der Waals surface area (Å²) in [7, 11) is 0. The van der Waals surface area contributed by atoms with Gasteiger partial charge in [0, 0.05) is 18.6 Å². The van der Waals surface area contributed by atoms with Crippen molar-refractivity contribution < 1.29 is 18.0 Å². The van der Waals surface area contributed by atoms with Crippen molar-refractivity contribution in [3.63, 3.8) is 0 Å². The molecule has 0 bridgehead atoms. The Balaban J connectivity index is 1.51. The predicted molar refractivity (Wildman–Crippen MR) is 118 cm³/mol. The summed E-state index contributed by atoms with van der Waals surface area (Å²) < 4.78 is 44.4. The maximum atomic E-state index is 14.1. The van der Waals surface area contributed by atoms with E-state index in [1.807, 2.05) is 0 Å². The number of nitrogens with zero attached hydrogens (tertiary/aromatic N) is 7. The summed E-state index contributed by atoms with van der Waals surface area (Å²) in [4.78, 5) is 21.1. The van der Waals surface area contributed by atoms with E-state index in [2.05, 4.69) is 30.9 Å². The van der Waals surface area contributed by atoms with E-state index in [1.165, 1.54) is 40.2 Å². The number of pyridine rings is 2. The minimum absolute atomic E-state index is 0.0807. The molecule has 5 heterocycles. The number of aryl methyl sites for hydroxylation is 1. The fourth-order valence-electron chi connectivity index (χ4n) is 3.54. The SMILES string of the molecule is Cc1ccc(-n2ncc(C(=O)Nc3cnc(N4N=CCN4)c(Cl)c3)c2C(F)(F)F)n2ccnc12. The number of nitrogens with one attached hydrogen (secondary N) is 2. The molecule has 34 heavy (non-hydrogen) atoms. The van der Waals surface area contributed by atoms with E-state index in [0.717, 1.165) is 11.8 Å². The Labute approximate surface area is 194 Å². The molecule has 0 saturated heterocycles. The number of halogens is 4. The Kier molecular flexibility index (Phi) is 5.21. The third-order valence-electron chi connectivity index (χ3n) is 5.03. The predicted octanol–water partition coefficient (Wildman–Crippen LogP) is 3.46. The van der Waals surface area contributed by atoms with Gasteiger partial charge in [0.15, 0.2) is 11.5 Å². The number of hydrazone groups is 1. The molecule has 0 spiro atoms. The van der Waals surface area contributed by atoms with Crippen molar-refractivity contribution in [2.24, 2.45) is 5.10 Å². The zero-order valence-corrected chi connectivity index (χ0v) is 18.1. The van der Waals surface area contributed by atoms with E-state index >= 15 is 0 Å². The van der Waals surface area contributed by atoms with E-state index in [4.69, 9.17) is 11.6 Å². The van der Waals surface area contributed by atoms with Crippen molar-refractivity contribution in [2.45, 2.75) is 13.1 Å². The quantitative estimate of drug-likeness (QED) is 0.455. The van der Waals surface area contributed by atoms with Crippen LogP contribution in [0.15, 0.2) is 48.1 Å². The molecule has 4 aromatic rings. The molecule has 14 heteroatoms. The Morgan fingerprint density at radius 2 is 2.06 bits per heavy atom. The fourth-order valence-corrected chi connectivity index (χ4v) is 3.79. The molecule has 0 aromatic carbocycles. The summed E-state index contributed by atoms with van der Waals surface area (Å²) in [6, 6.07) is 4.48. The van der Waals surface area contributed by atoms with Gasteiger partial charge in [0.25, 0.3) is 5.91 Å². The molecule has 5 rings (SSSR count). The van der Waals surface area contributed by atoms with Crippen LogP contribution >= 0.6 is 11.6 Å². The van der Waals surface area contributed by atoms with Gasteiger partial charge in [0.1, 0.15) is 11.5 Å². The van der Waals surface area contributed by atoms with Gasteiger partial charge in [-0.05, 0) is 24.6 Å². The Morgan fingerprint density at radius 3 is 2.76 bits per heavy atom. The summed E-state index contributed by atoms with van der Waals surface area (Å²) >= 11 is 6.21. The zero-order chi connectivity index (χ0) is 24.0.